The molecule has 3 heteroatoms. The predicted molar refractivity (Wildman–Crippen MR) is 75.1 cm³/mol. The number of nitrogens with one attached hydrogen (secondary N) is 2. The summed E-state index contributed by atoms with van der Waals surface area (Å²) in [5.41, 5.74) is 0. The molecule has 0 spiro atoms. The Bertz CT molecular complexity index is 112. The summed E-state index contributed by atoms with van der Waals surface area (Å²) in [7, 11) is 4.21. The first-order valence-corrected chi connectivity index (χ1v) is 6.87. The monoisotopic (exact) mass is 231 g/mol. The lowest BCUT2D eigenvalue weighted by atomic mass is 10.1. The molecule has 0 radical (unpaired) electrons. The Morgan fingerprint density at radius 3 is 2.31 bits per heavy atom. The third-order valence-corrected chi connectivity index (χ3v) is 2.48. The molecule has 1 fully saturated rings. The van der Waals surface area contributed by atoms with Gasteiger partial charge in [-0.2, -0.15) is 0 Å². The molecule has 1 atom stereocenters. The number of rotatable bonds is 5. The zero-order valence-corrected chi connectivity index (χ0v) is 12.3. The van der Waals surface area contributed by atoms with Crippen molar-refractivity contribution < 1.29 is 0 Å². The van der Waals surface area contributed by atoms with Gasteiger partial charge in [-0.15, -0.1) is 0 Å². The maximum atomic E-state index is 3.39. The molecule has 1 heterocycles. The van der Waals surface area contributed by atoms with E-state index in [1.165, 1.54) is 26.1 Å². The van der Waals surface area contributed by atoms with E-state index in [1.807, 2.05) is 34.7 Å². The van der Waals surface area contributed by atoms with Crippen molar-refractivity contribution in [2.75, 3.05) is 46.8 Å². The highest BCUT2D eigenvalue weighted by Crippen LogP contribution is 2.07. The van der Waals surface area contributed by atoms with Crippen molar-refractivity contribution in [2.24, 2.45) is 5.92 Å². The van der Waals surface area contributed by atoms with Crippen molar-refractivity contribution in [3.05, 3.63) is 0 Å². The van der Waals surface area contributed by atoms with Crippen LogP contribution in [0.15, 0.2) is 0 Å². The molecule has 100 valence electrons. The molecule has 0 aromatic rings. The fourth-order valence-corrected chi connectivity index (χ4v) is 1.70. The maximum absolute atomic E-state index is 3.39. The molecule has 0 bridgehead atoms. The van der Waals surface area contributed by atoms with E-state index in [0.29, 0.717) is 0 Å². The molecule has 1 saturated heterocycles. The van der Waals surface area contributed by atoms with Gasteiger partial charge in [-0.25, -0.2) is 0 Å². The van der Waals surface area contributed by atoms with Crippen LogP contribution in [0.25, 0.3) is 0 Å². The zero-order chi connectivity index (χ0) is 12.8. The van der Waals surface area contributed by atoms with E-state index < -0.39 is 0 Å². The van der Waals surface area contributed by atoms with Gasteiger partial charge < -0.3 is 15.5 Å². The van der Waals surface area contributed by atoms with Crippen LogP contribution in [0.4, 0.5) is 0 Å². The van der Waals surface area contributed by atoms with E-state index in [4.69, 9.17) is 0 Å². The van der Waals surface area contributed by atoms with Crippen molar-refractivity contribution >= 4 is 0 Å². The summed E-state index contributed by atoms with van der Waals surface area (Å²) in [6.45, 7) is 13.9. The molecule has 0 unspecified atom stereocenters. The van der Waals surface area contributed by atoms with Gasteiger partial charge in [-0.1, -0.05) is 27.7 Å². The van der Waals surface area contributed by atoms with Crippen LogP contribution in [0.2, 0.25) is 0 Å². The Morgan fingerprint density at radius 2 is 1.88 bits per heavy atom. The average molecular weight is 231 g/mol. The quantitative estimate of drug-likeness (QED) is 0.755. The summed E-state index contributed by atoms with van der Waals surface area (Å²) >= 11 is 0. The second-order valence-corrected chi connectivity index (χ2v) is 3.72. The number of hydrogen-bond acceptors (Lipinski definition) is 3. The van der Waals surface area contributed by atoms with Crippen LogP contribution in [-0.2, 0) is 0 Å². The summed E-state index contributed by atoms with van der Waals surface area (Å²) in [6, 6.07) is 0. The predicted octanol–water partition coefficient (Wildman–Crippen LogP) is 1.80. The minimum atomic E-state index is 0.881. The van der Waals surface area contributed by atoms with Crippen LogP contribution in [0.3, 0.4) is 0 Å². The van der Waals surface area contributed by atoms with E-state index in [-0.39, 0.29) is 0 Å². The minimum Gasteiger partial charge on any atom is -0.318 e. The van der Waals surface area contributed by atoms with Gasteiger partial charge in [0.2, 0.25) is 0 Å². The van der Waals surface area contributed by atoms with Crippen LogP contribution < -0.4 is 10.6 Å². The van der Waals surface area contributed by atoms with E-state index in [1.54, 1.807) is 0 Å². The fourth-order valence-electron chi connectivity index (χ4n) is 1.70. The molecule has 0 amide bonds. The number of likely N-dealkylation sites (N-methyl/N-ethyl adjacent to an activating group) is 2. The lowest BCUT2D eigenvalue weighted by molar-refractivity contribution is 0.287. The highest BCUT2D eigenvalue weighted by atomic mass is 15.1. The second-order valence-electron chi connectivity index (χ2n) is 3.72. The Balaban J connectivity index is 0. The van der Waals surface area contributed by atoms with Gasteiger partial charge in [0.1, 0.15) is 0 Å². The molecule has 0 aliphatic carbocycles. The second kappa shape index (κ2) is 14.9. The van der Waals surface area contributed by atoms with Crippen molar-refractivity contribution in [1.82, 2.24) is 15.5 Å². The Kier molecular flexibility index (Phi) is 17.0. The zero-order valence-electron chi connectivity index (χ0n) is 12.3. The lowest BCUT2D eigenvalue weighted by Crippen LogP contribution is -2.32. The lowest BCUT2D eigenvalue weighted by Gasteiger charge is -2.19. The SMILES string of the molecule is CC.CC.CNCCN(C)C[C@@H]1CCNC1. The average Bonchev–Trinajstić information content (AvgIpc) is 2.84. The Hall–Kier alpha value is -0.120. The molecule has 2 N–H and O–H groups in total. The van der Waals surface area contributed by atoms with E-state index in [2.05, 4.69) is 22.6 Å². The normalized spacial score (nSPS) is 18.6. The van der Waals surface area contributed by atoms with Gasteiger partial charge >= 0.3 is 0 Å². The molecule has 0 aromatic heterocycles. The highest BCUT2D eigenvalue weighted by molar-refractivity contribution is 4.73. The van der Waals surface area contributed by atoms with Crippen LogP contribution in [0.5, 0.6) is 0 Å². The highest BCUT2D eigenvalue weighted by Gasteiger charge is 2.15. The first-order valence-electron chi connectivity index (χ1n) is 6.87. The van der Waals surface area contributed by atoms with Gasteiger partial charge in [0.25, 0.3) is 0 Å². The summed E-state index contributed by atoms with van der Waals surface area (Å²) in [6.07, 6.45) is 1.35. The van der Waals surface area contributed by atoms with Crippen LogP contribution in [-0.4, -0.2) is 51.7 Å². The van der Waals surface area contributed by atoms with Gasteiger partial charge in [0, 0.05) is 19.6 Å². The maximum Gasteiger partial charge on any atom is 0.0104 e. The first kappa shape index (κ1) is 18.3. The molecule has 1 rings (SSSR count). The molecular formula is C13H33N3. The summed E-state index contributed by atoms with van der Waals surface area (Å²) in [5.74, 6) is 0.881. The summed E-state index contributed by atoms with van der Waals surface area (Å²) < 4.78 is 0. The summed E-state index contributed by atoms with van der Waals surface area (Å²) in [5, 5.41) is 6.56. The van der Waals surface area contributed by atoms with Crippen LogP contribution in [0.1, 0.15) is 34.1 Å². The van der Waals surface area contributed by atoms with Crippen molar-refractivity contribution in [3.8, 4) is 0 Å². The van der Waals surface area contributed by atoms with Gasteiger partial charge in [-0.3, -0.25) is 0 Å². The number of hydrogen-bond donors (Lipinski definition) is 2. The van der Waals surface area contributed by atoms with Crippen molar-refractivity contribution in [3.63, 3.8) is 0 Å². The molecule has 0 saturated carbocycles. The van der Waals surface area contributed by atoms with Gasteiger partial charge in [0.05, 0.1) is 0 Å². The molecule has 1 aliphatic rings. The van der Waals surface area contributed by atoms with Crippen LogP contribution in [0, 0.1) is 5.92 Å². The topological polar surface area (TPSA) is 27.3 Å². The standard InChI is InChI=1S/C9H21N3.2C2H6/c1-10-5-6-12(2)8-9-3-4-11-7-9;2*1-2/h9-11H,3-8H2,1-2H3;2*1-2H3/t9-;;/m1../s1. The number of nitrogens with zero attached hydrogens (tertiary/aromatic N) is 1. The van der Waals surface area contributed by atoms with E-state index in [9.17, 15) is 0 Å². The van der Waals surface area contributed by atoms with E-state index in [0.717, 1.165) is 19.0 Å². The van der Waals surface area contributed by atoms with Crippen LogP contribution >= 0.6 is 0 Å². The molecule has 16 heavy (non-hydrogen) atoms. The molecule has 1 aliphatic heterocycles. The molecule has 3 nitrogen and oxygen atoms in total. The smallest absolute Gasteiger partial charge is 0.0104 e. The largest absolute Gasteiger partial charge is 0.318 e. The summed E-state index contributed by atoms with van der Waals surface area (Å²) in [4.78, 5) is 2.41. The fraction of sp³-hybridized carbons (Fsp3) is 1.00. The van der Waals surface area contributed by atoms with Crippen molar-refractivity contribution in [2.45, 2.75) is 34.1 Å². The molecule has 0 aromatic carbocycles. The van der Waals surface area contributed by atoms with Gasteiger partial charge in [0.15, 0.2) is 0 Å². The minimum absolute atomic E-state index is 0.881. The van der Waals surface area contributed by atoms with Gasteiger partial charge in [-0.05, 0) is 39.5 Å². The first-order chi connectivity index (χ1) is 7.83. The molecular weight excluding hydrogens is 198 g/mol. The Morgan fingerprint density at radius 1 is 1.25 bits per heavy atom. The third kappa shape index (κ3) is 10.4. The third-order valence-electron chi connectivity index (χ3n) is 2.48. The van der Waals surface area contributed by atoms with Crippen molar-refractivity contribution in [1.29, 1.82) is 0 Å². The Labute approximate surface area is 103 Å². The van der Waals surface area contributed by atoms with E-state index >= 15 is 0 Å².